The molecule has 0 saturated carbocycles. The molecule has 112 valence electrons. The van der Waals surface area contributed by atoms with Gasteiger partial charge in [-0.2, -0.15) is 0 Å². The number of rotatable bonds is 1. The predicted molar refractivity (Wildman–Crippen MR) is 87.9 cm³/mol. The highest BCUT2D eigenvalue weighted by molar-refractivity contribution is 5.89. The van der Waals surface area contributed by atoms with Crippen molar-refractivity contribution >= 4 is 29.1 Å². The molecule has 0 amide bonds. The zero-order chi connectivity index (χ0) is 14.2. The number of benzene rings is 2. The maximum Gasteiger partial charge on any atom is 0.140 e. The lowest BCUT2D eigenvalue weighted by Gasteiger charge is -2.30. The molecule has 2 aromatic carbocycles. The van der Waals surface area contributed by atoms with Crippen LogP contribution in [-0.4, -0.2) is 16.5 Å². The van der Waals surface area contributed by atoms with Gasteiger partial charge in [0.25, 0.3) is 0 Å². The van der Waals surface area contributed by atoms with Gasteiger partial charge >= 0.3 is 0 Å². The molecule has 0 aliphatic carbocycles. The van der Waals surface area contributed by atoms with E-state index in [0.29, 0.717) is 0 Å². The zero-order valence-corrected chi connectivity index (χ0v) is 12.7. The third-order valence-electron chi connectivity index (χ3n) is 4.01. The van der Waals surface area contributed by atoms with Crippen molar-refractivity contribution in [3.05, 3.63) is 65.7 Å². The first-order chi connectivity index (χ1) is 10.3. The van der Waals surface area contributed by atoms with E-state index in [2.05, 4.69) is 39.1 Å². The summed E-state index contributed by atoms with van der Waals surface area (Å²) >= 11 is 0. The Balaban J connectivity index is 0.00000144. The second-order valence-electron chi connectivity index (χ2n) is 5.30. The molecule has 2 heterocycles. The van der Waals surface area contributed by atoms with E-state index in [1.807, 2.05) is 0 Å². The van der Waals surface area contributed by atoms with Crippen LogP contribution in [0.25, 0.3) is 10.9 Å². The van der Waals surface area contributed by atoms with Crippen molar-refractivity contribution < 1.29 is 4.39 Å². The second-order valence-corrected chi connectivity index (χ2v) is 5.30. The summed E-state index contributed by atoms with van der Waals surface area (Å²) in [5, 5.41) is 0.775. The molecule has 0 radical (unpaired) electrons. The quantitative estimate of drug-likeness (QED) is 0.685. The van der Waals surface area contributed by atoms with Crippen LogP contribution < -0.4 is 4.90 Å². The molecule has 0 fully saturated rings. The minimum atomic E-state index is -0.254. The van der Waals surface area contributed by atoms with E-state index >= 15 is 0 Å². The van der Waals surface area contributed by atoms with Gasteiger partial charge in [-0.05, 0) is 35.7 Å². The van der Waals surface area contributed by atoms with Crippen molar-refractivity contribution in [3.8, 4) is 0 Å². The van der Waals surface area contributed by atoms with Crippen LogP contribution in [0.15, 0.2) is 48.8 Å². The fourth-order valence-electron chi connectivity index (χ4n) is 2.94. The van der Waals surface area contributed by atoms with E-state index < -0.39 is 0 Å². The molecule has 3 aromatic rings. The maximum absolute atomic E-state index is 13.5. The highest BCUT2D eigenvalue weighted by Crippen LogP contribution is 2.28. The number of hydrogen-bond acceptors (Lipinski definition) is 3. The minimum absolute atomic E-state index is 0. The molecule has 1 aromatic heterocycles. The van der Waals surface area contributed by atoms with Gasteiger partial charge in [-0.15, -0.1) is 12.4 Å². The molecule has 1 aliphatic rings. The summed E-state index contributed by atoms with van der Waals surface area (Å²) in [6, 6.07) is 13.1. The molecule has 22 heavy (non-hydrogen) atoms. The van der Waals surface area contributed by atoms with Crippen LogP contribution in [0.5, 0.6) is 0 Å². The number of nitrogens with zero attached hydrogens (tertiary/aromatic N) is 3. The van der Waals surface area contributed by atoms with E-state index in [1.54, 1.807) is 12.4 Å². The van der Waals surface area contributed by atoms with Crippen LogP contribution in [-0.2, 0) is 13.0 Å². The first-order valence-electron chi connectivity index (χ1n) is 7.03. The number of fused-ring (bicyclic) bond motifs is 2. The van der Waals surface area contributed by atoms with Gasteiger partial charge in [0.1, 0.15) is 18.0 Å². The highest BCUT2D eigenvalue weighted by atomic mass is 35.5. The van der Waals surface area contributed by atoms with Gasteiger partial charge in [0.2, 0.25) is 0 Å². The van der Waals surface area contributed by atoms with Crippen LogP contribution in [0, 0.1) is 5.82 Å². The Bertz CT molecular complexity index is 822. The number of aromatic nitrogens is 2. The summed E-state index contributed by atoms with van der Waals surface area (Å²) in [5.74, 6) is 0.560. The van der Waals surface area contributed by atoms with Crippen LogP contribution in [0.4, 0.5) is 10.2 Å². The minimum Gasteiger partial charge on any atom is -0.351 e. The van der Waals surface area contributed by atoms with Crippen molar-refractivity contribution in [2.75, 3.05) is 11.4 Å². The summed E-state index contributed by atoms with van der Waals surface area (Å²) < 4.78 is 13.5. The fraction of sp³-hybridized carbons (Fsp3) is 0.176. The Morgan fingerprint density at radius 2 is 1.82 bits per heavy atom. The van der Waals surface area contributed by atoms with Gasteiger partial charge in [0, 0.05) is 18.5 Å². The lowest BCUT2D eigenvalue weighted by Crippen LogP contribution is -2.31. The number of anilines is 1. The lowest BCUT2D eigenvalue weighted by atomic mass is 10.00. The van der Waals surface area contributed by atoms with Crippen LogP contribution in [0.3, 0.4) is 0 Å². The number of halogens is 2. The molecule has 0 saturated heterocycles. The molecular formula is C17H15ClFN3. The van der Waals surface area contributed by atoms with Crippen LogP contribution >= 0.6 is 12.4 Å². The van der Waals surface area contributed by atoms with Gasteiger partial charge < -0.3 is 4.90 Å². The van der Waals surface area contributed by atoms with E-state index in [-0.39, 0.29) is 18.2 Å². The molecule has 3 nitrogen and oxygen atoms in total. The topological polar surface area (TPSA) is 29.0 Å². The van der Waals surface area contributed by atoms with Crippen LogP contribution in [0.2, 0.25) is 0 Å². The lowest BCUT2D eigenvalue weighted by molar-refractivity contribution is 0.629. The van der Waals surface area contributed by atoms with Crippen molar-refractivity contribution in [1.29, 1.82) is 0 Å². The monoisotopic (exact) mass is 315 g/mol. The van der Waals surface area contributed by atoms with Gasteiger partial charge in [-0.25, -0.2) is 14.4 Å². The largest absolute Gasteiger partial charge is 0.351 e. The first-order valence-corrected chi connectivity index (χ1v) is 7.03. The number of hydrogen-bond donors (Lipinski definition) is 0. The molecular weight excluding hydrogens is 301 g/mol. The standard InChI is InChI=1S/C17H14FN3.ClH/c18-14-5-6-16-15(9-14)17(20-11-19-16)21-8-7-12-3-1-2-4-13(12)10-21;/h1-6,9,11H,7-8,10H2;1H. The molecule has 5 heteroatoms. The normalized spacial score (nSPS) is 13.6. The molecule has 0 bridgehead atoms. The van der Waals surface area contributed by atoms with E-state index in [1.165, 1.54) is 23.3 Å². The molecule has 4 rings (SSSR count). The molecule has 1 aliphatic heterocycles. The van der Waals surface area contributed by atoms with Crippen molar-refractivity contribution in [2.45, 2.75) is 13.0 Å². The average molecular weight is 316 g/mol. The summed E-state index contributed by atoms with van der Waals surface area (Å²) in [6.07, 6.45) is 2.53. The maximum atomic E-state index is 13.5. The predicted octanol–water partition coefficient (Wildman–Crippen LogP) is 3.75. The van der Waals surface area contributed by atoms with Crippen LogP contribution in [0.1, 0.15) is 11.1 Å². The summed E-state index contributed by atoms with van der Waals surface area (Å²) in [6.45, 7) is 1.69. The van der Waals surface area contributed by atoms with E-state index in [4.69, 9.17) is 0 Å². The van der Waals surface area contributed by atoms with Gasteiger partial charge in [-0.3, -0.25) is 0 Å². The average Bonchev–Trinajstić information content (AvgIpc) is 2.54. The Labute approximate surface area is 134 Å². The van der Waals surface area contributed by atoms with Gasteiger partial charge in [0.15, 0.2) is 0 Å². The summed E-state index contributed by atoms with van der Waals surface area (Å²) in [7, 11) is 0. The van der Waals surface area contributed by atoms with E-state index in [9.17, 15) is 4.39 Å². The third-order valence-corrected chi connectivity index (χ3v) is 4.01. The zero-order valence-electron chi connectivity index (χ0n) is 11.9. The van der Waals surface area contributed by atoms with Gasteiger partial charge in [0.05, 0.1) is 5.52 Å². The molecule has 0 unspecified atom stereocenters. The van der Waals surface area contributed by atoms with Crippen molar-refractivity contribution in [2.24, 2.45) is 0 Å². The highest BCUT2D eigenvalue weighted by Gasteiger charge is 2.19. The Hall–Kier alpha value is -2.20. The SMILES string of the molecule is Cl.Fc1ccc2ncnc(N3CCc4ccccc4C3)c2c1. The molecule has 0 N–H and O–H groups in total. The molecule has 0 spiro atoms. The molecule has 0 atom stereocenters. The summed E-state index contributed by atoms with van der Waals surface area (Å²) in [4.78, 5) is 10.8. The van der Waals surface area contributed by atoms with Crippen molar-refractivity contribution in [1.82, 2.24) is 9.97 Å². The van der Waals surface area contributed by atoms with E-state index in [0.717, 1.165) is 36.2 Å². The summed E-state index contributed by atoms with van der Waals surface area (Å²) in [5.41, 5.74) is 3.48. The second kappa shape index (κ2) is 5.89. The third kappa shape index (κ3) is 2.50. The first kappa shape index (κ1) is 14.7. The van der Waals surface area contributed by atoms with Gasteiger partial charge in [-0.1, -0.05) is 24.3 Å². The van der Waals surface area contributed by atoms with Crippen molar-refractivity contribution in [3.63, 3.8) is 0 Å². The smallest absolute Gasteiger partial charge is 0.140 e. The Kier molecular flexibility index (Phi) is 3.94. The Morgan fingerprint density at radius 3 is 2.68 bits per heavy atom. The Morgan fingerprint density at radius 1 is 1.00 bits per heavy atom. The fourth-order valence-corrected chi connectivity index (χ4v) is 2.94.